The molecular formula is C47H30N4O. The van der Waals surface area contributed by atoms with E-state index in [9.17, 15) is 0 Å². The zero-order valence-electron chi connectivity index (χ0n) is 28.0. The molecule has 0 radical (unpaired) electrons. The van der Waals surface area contributed by atoms with Crippen LogP contribution in [-0.2, 0) is 0 Å². The van der Waals surface area contributed by atoms with Gasteiger partial charge in [-0.25, -0.2) is 15.0 Å². The van der Waals surface area contributed by atoms with Crippen LogP contribution in [0.4, 0.5) is 17.1 Å². The summed E-state index contributed by atoms with van der Waals surface area (Å²) in [5.41, 5.74) is 7.22. The lowest BCUT2D eigenvalue weighted by atomic mass is 10.0. The summed E-state index contributed by atoms with van der Waals surface area (Å²) in [6.07, 6.45) is 0. The molecule has 0 aliphatic heterocycles. The Labute approximate surface area is 300 Å². The molecule has 0 saturated heterocycles. The van der Waals surface area contributed by atoms with E-state index in [4.69, 9.17) is 19.4 Å². The fourth-order valence-corrected chi connectivity index (χ4v) is 7.20. The molecule has 0 aliphatic rings. The number of hydrogen-bond acceptors (Lipinski definition) is 5. The Bertz CT molecular complexity index is 2860. The predicted molar refractivity (Wildman–Crippen MR) is 213 cm³/mol. The van der Waals surface area contributed by atoms with Gasteiger partial charge in [0.05, 0.1) is 11.3 Å². The zero-order chi connectivity index (χ0) is 34.4. The molecular weight excluding hydrogens is 637 g/mol. The second kappa shape index (κ2) is 12.3. The van der Waals surface area contributed by atoms with Crippen LogP contribution in [0.15, 0.2) is 186 Å². The van der Waals surface area contributed by atoms with Crippen molar-refractivity contribution in [2.75, 3.05) is 4.90 Å². The Morgan fingerprint density at radius 1 is 0.365 bits per heavy atom. The van der Waals surface area contributed by atoms with Crippen molar-refractivity contribution in [2.24, 2.45) is 0 Å². The van der Waals surface area contributed by atoms with Crippen LogP contribution in [0.25, 0.3) is 77.6 Å². The average molecular weight is 667 g/mol. The lowest BCUT2D eigenvalue weighted by molar-refractivity contribution is 0.670. The molecule has 5 heteroatoms. The molecule has 0 N–H and O–H groups in total. The number of fused-ring (bicyclic) bond motifs is 5. The molecule has 0 bridgehead atoms. The van der Waals surface area contributed by atoms with Gasteiger partial charge in [-0.1, -0.05) is 140 Å². The second-order valence-corrected chi connectivity index (χ2v) is 12.8. The maximum absolute atomic E-state index is 7.11. The Morgan fingerprint density at radius 3 is 1.67 bits per heavy atom. The van der Waals surface area contributed by atoms with E-state index in [0.29, 0.717) is 17.5 Å². The summed E-state index contributed by atoms with van der Waals surface area (Å²) in [5, 5.41) is 6.53. The molecule has 0 saturated carbocycles. The molecule has 0 unspecified atom stereocenters. The molecule has 244 valence electrons. The third-order valence-electron chi connectivity index (χ3n) is 9.65. The van der Waals surface area contributed by atoms with Crippen molar-refractivity contribution < 1.29 is 4.42 Å². The first kappa shape index (κ1) is 29.8. The summed E-state index contributed by atoms with van der Waals surface area (Å²) in [4.78, 5) is 17.5. The monoisotopic (exact) mass is 666 g/mol. The Morgan fingerprint density at radius 2 is 0.942 bits per heavy atom. The first-order valence-electron chi connectivity index (χ1n) is 17.4. The van der Waals surface area contributed by atoms with Gasteiger partial charge in [0, 0.05) is 38.7 Å². The topological polar surface area (TPSA) is 55.1 Å². The summed E-state index contributed by atoms with van der Waals surface area (Å²) in [5.74, 6) is 1.76. The fraction of sp³-hybridized carbons (Fsp3) is 0. The Hall–Kier alpha value is -7.11. The van der Waals surface area contributed by atoms with Crippen LogP contribution in [0.1, 0.15) is 0 Å². The Balaban J connectivity index is 1.25. The third-order valence-corrected chi connectivity index (χ3v) is 9.65. The first-order valence-corrected chi connectivity index (χ1v) is 17.4. The molecule has 0 amide bonds. The lowest BCUT2D eigenvalue weighted by Gasteiger charge is -2.26. The van der Waals surface area contributed by atoms with Crippen LogP contribution in [-0.4, -0.2) is 15.0 Å². The van der Waals surface area contributed by atoms with Crippen LogP contribution in [0.3, 0.4) is 0 Å². The fourth-order valence-electron chi connectivity index (χ4n) is 7.20. The number of nitrogens with zero attached hydrogens (tertiary/aromatic N) is 4. The van der Waals surface area contributed by atoms with E-state index in [2.05, 4.69) is 138 Å². The van der Waals surface area contributed by atoms with Crippen LogP contribution in [0, 0.1) is 0 Å². The van der Waals surface area contributed by atoms with Crippen LogP contribution in [0.2, 0.25) is 0 Å². The summed E-state index contributed by atoms with van der Waals surface area (Å²) in [6.45, 7) is 0. The molecule has 0 aliphatic carbocycles. The smallest absolute Gasteiger partial charge is 0.167 e. The second-order valence-electron chi connectivity index (χ2n) is 12.8. The minimum Gasteiger partial charge on any atom is -0.453 e. The third kappa shape index (κ3) is 5.07. The van der Waals surface area contributed by atoms with Crippen molar-refractivity contribution >= 4 is 60.5 Å². The van der Waals surface area contributed by atoms with Crippen molar-refractivity contribution in [3.05, 3.63) is 182 Å². The number of rotatable bonds is 6. The van der Waals surface area contributed by atoms with Gasteiger partial charge in [0.1, 0.15) is 5.58 Å². The zero-order valence-corrected chi connectivity index (χ0v) is 28.0. The van der Waals surface area contributed by atoms with Crippen LogP contribution >= 0.6 is 0 Å². The summed E-state index contributed by atoms with van der Waals surface area (Å²) < 4.78 is 7.11. The minimum absolute atomic E-state index is 0.552. The molecule has 52 heavy (non-hydrogen) atoms. The minimum atomic E-state index is 0.552. The number of furan rings is 1. The highest BCUT2D eigenvalue weighted by molar-refractivity contribution is 6.20. The highest BCUT2D eigenvalue weighted by Crippen LogP contribution is 2.47. The maximum Gasteiger partial charge on any atom is 0.167 e. The van der Waals surface area contributed by atoms with E-state index in [1.54, 1.807) is 0 Å². The molecule has 2 aromatic heterocycles. The van der Waals surface area contributed by atoms with Gasteiger partial charge in [0.25, 0.3) is 0 Å². The van der Waals surface area contributed by atoms with E-state index in [0.717, 1.165) is 71.8 Å². The van der Waals surface area contributed by atoms with Crippen molar-refractivity contribution in [2.45, 2.75) is 0 Å². The molecule has 0 atom stereocenters. The summed E-state index contributed by atoms with van der Waals surface area (Å²) >= 11 is 0. The SMILES string of the molecule is c1ccc(-c2nc(-c3ccc4ccccc4c3)nc(-c3cccc4c3oc3c(N(c5ccccc5)c5ccccc5)c5ccccc5cc34)n2)cc1. The van der Waals surface area contributed by atoms with E-state index in [1.165, 1.54) is 5.39 Å². The van der Waals surface area contributed by atoms with E-state index >= 15 is 0 Å². The quantitative estimate of drug-likeness (QED) is 0.177. The predicted octanol–water partition coefficient (Wildman–Crippen LogP) is 12.5. The van der Waals surface area contributed by atoms with Gasteiger partial charge in [0.15, 0.2) is 23.1 Å². The number of aromatic nitrogens is 3. The van der Waals surface area contributed by atoms with Gasteiger partial charge in [0.2, 0.25) is 0 Å². The highest BCUT2D eigenvalue weighted by Gasteiger charge is 2.24. The van der Waals surface area contributed by atoms with Crippen molar-refractivity contribution in [3.8, 4) is 34.2 Å². The van der Waals surface area contributed by atoms with Gasteiger partial charge < -0.3 is 9.32 Å². The van der Waals surface area contributed by atoms with E-state index < -0.39 is 0 Å². The molecule has 0 fully saturated rings. The first-order chi connectivity index (χ1) is 25.8. The summed E-state index contributed by atoms with van der Waals surface area (Å²) in [6, 6.07) is 62.7. The van der Waals surface area contributed by atoms with Crippen molar-refractivity contribution in [3.63, 3.8) is 0 Å². The molecule has 2 heterocycles. The van der Waals surface area contributed by atoms with Crippen molar-refractivity contribution in [1.82, 2.24) is 15.0 Å². The number of hydrogen-bond donors (Lipinski definition) is 0. The number of benzene rings is 8. The number of anilines is 3. The molecule has 0 spiro atoms. The normalized spacial score (nSPS) is 11.5. The standard InChI is InChI=1S/C47H30N4O/c1-4-16-32(17-5-1)45-48-46(35-28-27-31-15-10-11-18-33(31)29-35)50-47(49-45)40-26-14-25-39-41-30-34-19-12-13-24-38(34)42(44(41)52-43(39)40)51(36-20-6-2-7-21-36)37-22-8-3-9-23-37/h1-30H. The molecule has 10 rings (SSSR count). The summed E-state index contributed by atoms with van der Waals surface area (Å²) in [7, 11) is 0. The maximum atomic E-state index is 7.11. The van der Waals surface area contributed by atoms with Gasteiger partial charge in [-0.05, 0) is 58.6 Å². The number of para-hydroxylation sites is 3. The van der Waals surface area contributed by atoms with Gasteiger partial charge in [-0.15, -0.1) is 0 Å². The van der Waals surface area contributed by atoms with Crippen molar-refractivity contribution in [1.29, 1.82) is 0 Å². The van der Waals surface area contributed by atoms with Gasteiger partial charge >= 0.3 is 0 Å². The molecule has 8 aromatic carbocycles. The van der Waals surface area contributed by atoms with Gasteiger partial charge in [-0.2, -0.15) is 0 Å². The van der Waals surface area contributed by atoms with E-state index in [1.807, 2.05) is 48.5 Å². The molecule has 5 nitrogen and oxygen atoms in total. The lowest BCUT2D eigenvalue weighted by Crippen LogP contribution is -2.10. The highest BCUT2D eigenvalue weighted by atomic mass is 16.3. The van der Waals surface area contributed by atoms with Gasteiger partial charge in [-0.3, -0.25) is 0 Å². The van der Waals surface area contributed by atoms with Crippen LogP contribution < -0.4 is 4.90 Å². The Kier molecular flexibility index (Phi) is 7.07. The average Bonchev–Trinajstić information content (AvgIpc) is 3.60. The van der Waals surface area contributed by atoms with Crippen LogP contribution in [0.5, 0.6) is 0 Å². The molecule has 10 aromatic rings. The largest absolute Gasteiger partial charge is 0.453 e. The van der Waals surface area contributed by atoms with E-state index in [-0.39, 0.29) is 0 Å².